The zero-order valence-electron chi connectivity index (χ0n) is 11.1. The van der Waals surface area contributed by atoms with Crippen LogP contribution >= 0.6 is 31.9 Å². The maximum absolute atomic E-state index is 9.70. The molecule has 5 heteroatoms. The van der Waals surface area contributed by atoms with E-state index in [1.165, 1.54) is 0 Å². The van der Waals surface area contributed by atoms with Gasteiger partial charge in [-0.05, 0) is 85.5 Å². The highest BCUT2D eigenvalue weighted by Gasteiger charge is 2.07. The zero-order valence-corrected chi connectivity index (χ0v) is 14.3. The molecule has 0 fully saturated rings. The summed E-state index contributed by atoms with van der Waals surface area (Å²) in [5.74, 6) is 0.876. The van der Waals surface area contributed by atoms with E-state index >= 15 is 0 Å². The molecule has 2 aromatic carbocycles. The van der Waals surface area contributed by atoms with Gasteiger partial charge in [-0.25, -0.2) is 0 Å². The van der Waals surface area contributed by atoms with Crippen LogP contribution in [0.3, 0.4) is 0 Å². The molecule has 0 aliphatic heterocycles. The summed E-state index contributed by atoms with van der Waals surface area (Å²) in [6.07, 6.45) is 1.76. The van der Waals surface area contributed by atoms with Gasteiger partial charge >= 0.3 is 0 Å². The number of halogens is 2. The molecule has 0 spiro atoms. The lowest BCUT2D eigenvalue weighted by atomic mass is 10.0. The van der Waals surface area contributed by atoms with Gasteiger partial charge in [0.25, 0.3) is 0 Å². The molecule has 2 rings (SSSR count). The third-order valence-corrected chi connectivity index (χ3v) is 4.08. The average molecular weight is 409 g/mol. The van der Waals surface area contributed by atoms with E-state index in [1.54, 1.807) is 25.3 Å². The van der Waals surface area contributed by atoms with Gasteiger partial charge in [0.05, 0.1) is 27.7 Å². The monoisotopic (exact) mass is 407 g/mol. The third kappa shape index (κ3) is 3.66. The largest absolute Gasteiger partial charge is 0.506 e. The van der Waals surface area contributed by atoms with Crippen molar-refractivity contribution in [1.29, 1.82) is 5.26 Å². The van der Waals surface area contributed by atoms with Crippen molar-refractivity contribution in [3.05, 3.63) is 56.5 Å². The van der Waals surface area contributed by atoms with E-state index in [1.807, 2.05) is 24.3 Å². The summed E-state index contributed by atoms with van der Waals surface area (Å²) in [7, 11) is 1.60. The number of nitrogens with zero attached hydrogens (tertiary/aromatic N) is 1. The number of phenols is 1. The molecular formula is C16H11Br2NO2. The van der Waals surface area contributed by atoms with Crippen LogP contribution in [0.5, 0.6) is 11.5 Å². The zero-order chi connectivity index (χ0) is 15.4. The van der Waals surface area contributed by atoms with Crippen molar-refractivity contribution in [2.75, 3.05) is 7.11 Å². The Labute approximate surface area is 139 Å². The van der Waals surface area contributed by atoms with Gasteiger partial charge < -0.3 is 9.84 Å². The Morgan fingerprint density at radius 3 is 2.24 bits per heavy atom. The molecule has 0 heterocycles. The average Bonchev–Trinajstić information content (AvgIpc) is 2.50. The number of benzene rings is 2. The molecule has 1 N–H and O–H groups in total. The second kappa shape index (κ2) is 6.79. The Morgan fingerprint density at radius 2 is 1.76 bits per heavy atom. The van der Waals surface area contributed by atoms with E-state index in [2.05, 4.69) is 37.9 Å². The molecule has 0 unspecified atom stereocenters. The summed E-state index contributed by atoms with van der Waals surface area (Å²) in [5, 5.41) is 19.0. The van der Waals surface area contributed by atoms with Crippen LogP contribution in [0.15, 0.2) is 45.3 Å². The molecule has 0 radical (unpaired) electrons. The summed E-state index contributed by atoms with van der Waals surface area (Å²) in [5.41, 5.74) is 2.14. The smallest absolute Gasteiger partial charge is 0.143 e. The molecule has 0 atom stereocenters. The maximum atomic E-state index is 9.70. The molecule has 0 saturated heterocycles. The number of hydrogen-bond donors (Lipinski definition) is 1. The molecule has 0 aliphatic rings. The molecule has 0 aliphatic carbocycles. The van der Waals surface area contributed by atoms with Crippen LogP contribution in [0.4, 0.5) is 0 Å². The first-order valence-corrected chi connectivity index (χ1v) is 7.58. The van der Waals surface area contributed by atoms with Crippen LogP contribution in [-0.2, 0) is 0 Å². The SMILES string of the molecule is COc1ccc(/C(C#N)=C/c2cc(Br)c(O)c(Br)c2)cc1. The first kappa shape index (κ1) is 15.6. The van der Waals surface area contributed by atoms with Gasteiger partial charge in [-0.15, -0.1) is 0 Å². The van der Waals surface area contributed by atoms with Gasteiger partial charge in [0, 0.05) is 0 Å². The lowest BCUT2D eigenvalue weighted by Gasteiger charge is -2.05. The molecule has 2 aromatic rings. The van der Waals surface area contributed by atoms with Crippen molar-refractivity contribution in [3.63, 3.8) is 0 Å². The molecule has 3 nitrogen and oxygen atoms in total. The topological polar surface area (TPSA) is 53.2 Å². The minimum Gasteiger partial charge on any atom is -0.506 e. The molecule has 106 valence electrons. The van der Waals surface area contributed by atoms with Gasteiger partial charge in [-0.2, -0.15) is 5.26 Å². The Balaban J connectivity index is 2.43. The highest BCUT2D eigenvalue weighted by molar-refractivity contribution is 9.11. The van der Waals surface area contributed by atoms with Gasteiger partial charge in [-0.3, -0.25) is 0 Å². The minimum atomic E-state index is 0.134. The second-order valence-corrected chi connectivity index (χ2v) is 5.94. The highest BCUT2D eigenvalue weighted by Crippen LogP contribution is 2.34. The summed E-state index contributed by atoms with van der Waals surface area (Å²) in [6.45, 7) is 0. The number of aromatic hydroxyl groups is 1. The van der Waals surface area contributed by atoms with Crippen LogP contribution in [0.2, 0.25) is 0 Å². The lowest BCUT2D eigenvalue weighted by Crippen LogP contribution is -1.85. The van der Waals surface area contributed by atoms with E-state index in [-0.39, 0.29) is 5.75 Å². The molecule has 0 bridgehead atoms. The van der Waals surface area contributed by atoms with E-state index in [9.17, 15) is 10.4 Å². The number of ether oxygens (including phenoxy) is 1. The van der Waals surface area contributed by atoms with E-state index in [0.29, 0.717) is 14.5 Å². The Hall–Kier alpha value is -1.77. The molecular weight excluding hydrogens is 398 g/mol. The maximum Gasteiger partial charge on any atom is 0.143 e. The minimum absolute atomic E-state index is 0.134. The fraction of sp³-hybridized carbons (Fsp3) is 0.0625. The molecule has 0 aromatic heterocycles. The van der Waals surface area contributed by atoms with Crippen molar-refractivity contribution in [3.8, 4) is 17.6 Å². The number of phenolic OH excluding ortho intramolecular Hbond substituents is 1. The third-order valence-electron chi connectivity index (χ3n) is 2.87. The van der Waals surface area contributed by atoms with E-state index in [4.69, 9.17) is 4.74 Å². The van der Waals surface area contributed by atoms with E-state index in [0.717, 1.165) is 16.9 Å². The van der Waals surface area contributed by atoms with Crippen molar-refractivity contribution in [1.82, 2.24) is 0 Å². The van der Waals surface area contributed by atoms with Crippen LogP contribution in [-0.4, -0.2) is 12.2 Å². The number of nitriles is 1. The fourth-order valence-corrected chi connectivity index (χ4v) is 3.01. The Kier molecular flexibility index (Phi) is 5.05. The first-order valence-electron chi connectivity index (χ1n) is 5.99. The molecule has 21 heavy (non-hydrogen) atoms. The Bertz CT molecular complexity index is 708. The Morgan fingerprint density at radius 1 is 1.19 bits per heavy atom. The summed E-state index contributed by atoms with van der Waals surface area (Å²) < 4.78 is 6.23. The van der Waals surface area contributed by atoms with E-state index < -0.39 is 0 Å². The van der Waals surface area contributed by atoms with Crippen molar-refractivity contribution in [2.24, 2.45) is 0 Å². The summed E-state index contributed by atoms with van der Waals surface area (Å²) in [4.78, 5) is 0. The van der Waals surface area contributed by atoms with Gasteiger partial charge in [0.15, 0.2) is 0 Å². The standard InChI is InChI=1S/C16H11Br2NO2/c1-21-13-4-2-11(3-5-13)12(9-19)6-10-7-14(17)16(20)15(18)8-10/h2-8,20H,1H3/b12-6+. The molecule has 0 saturated carbocycles. The second-order valence-electron chi connectivity index (χ2n) is 4.23. The van der Waals surface area contributed by atoms with Gasteiger partial charge in [-0.1, -0.05) is 0 Å². The van der Waals surface area contributed by atoms with Crippen LogP contribution in [0.25, 0.3) is 11.6 Å². The number of allylic oxidation sites excluding steroid dienone is 1. The van der Waals surface area contributed by atoms with Crippen LogP contribution < -0.4 is 4.74 Å². The first-order chi connectivity index (χ1) is 10.0. The highest BCUT2D eigenvalue weighted by atomic mass is 79.9. The van der Waals surface area contributed by atoms with Crippen molar-refractivity contribution >= 4 is 43.5 Å². The van der Waals surface area contributed by atoms with Crippen molar-refractivity contribution in [2.45, 2.75) is 0 Å². The lowest BCUT2D eigenvalue weighted by molar-refractivity contribution is 0.415. The fourth-order valence-electron chi connectivity index (χ4n) is 1.79. The molecule has 0 amide bonds. The predicted molar refractivity (Wildman–Crippen MR) is 90.0 cm³/mol. The quantitative estimate of drug-likeness (QED) is 0.574. The number of hydrogen-bond acceptors (Lipinski definition) is 3. The number of methoxy groups -OCH3 is 1. The summed E-state index contributed by atoms with van der Waals surface area (Å²) in [6, 6.07) is 13.0. The predicted octanol–water partition coefficient (Wildman–Crippen LogP) is 4.99. The summed E-state index contributed by atoms with van der Waals surface area (Å²) >= 11 is 6.55. The van der Waals surface area contributed by atoms with Crippen LogP contribution in [0.1, 0.15) is 11.1 Å². The van der Waals surface area contributed by atoms with Crippen LogP contribution in [0, 0.1) is 11.3 Å². The van der Waals surface area contributed by atoms with Crippen molar-refractivity contribution < 1.29 is 9.84 Å². The number of rotatable bonds is 3. The van der Waals surface area contributed by atoms with Gasteiger partial charge in [0.2, 0.25) is 0 Å². The van der Waals surface area contributed by atoms with Gasteiger partial charge in [0.1, 0.15) is 11.5 Å². The normalized spacial score (nSPS) is 11.0.